The monoisotopic (exact) mass is 532 g/mol. The highest BCUT2D eigenvalue weighted by Gasteiger charge is 2.78. The lowest BCUT2D eigenvalue weighted by molar-refractivity contribution is -0.161. The normalized spacial score (nSPS) is 30.3. The number of unbranched alkanes of at least 4 members (excludes halogenated alkanes) is 1. The molecule has 3 saturated heterocycles. The lowest BCUT2D eigenvalue weighted by Crippen LogP contribution is -2.61. The minimum absolute atomic E-state index is 0.0394. The van der Waals surface area contributed by atoms with Gasteiger partial charge in [-0.1, -0.05) is 32.9 Å². The molecule has 8 heteroatoms. The van der Waals surface area contributed by atoms with Gasteiger partial charge in [-0.25, -0.2) is 0 Å². The molecule has 2 unspecified atom stereocenters. The van der Waals surface area contributed by atoms with Crippen LogP contribution >= 0.6 is 0 Å². The van der Waals surface area contributed by atoms with Crippen molar-refractivity contribution >= 4 is 17.8 Å². The van der Waals surface area contributed by atoms with Crippen LogP contribution in [-0.2, 0) is 23.9 Å². The molecule has 0 radical (unpaired) electrons. The van der Waals surface area contributed by atoms with Gasteiger partial charge in [0.05, 0.1) is 18.1 Å². The number of carbonyl (C=O) groups excluding carboxylic acids is 3. The predicted octanol–water partition coefficient (Wildman–Crippen LogP) is 3.87. The lowest BCUT2D eigenvalue weighted by Gasteiger charge is -2.45. The molecular formula is C30H48N2O6. The Bertz CT molecular complexity index is 940. The SMILES string of the molecule is C=CCCCOC(=O)[C@@H]1[C@H]2C(=O)N(CCCO)C(C(=O)N(CC=C)C(C)(C)CC(C)(C)C)C23CC[C@@]1(C)O3. The van der Waals surface area contributed by atoms with Crippen molar-refractivity contribution in [3.05, 3.63) is 25.3 Å². The Balaban J connectivity index is 2.02. The summed E-state index contributed by atoms with van der Waals surface area (Å²) < 4.78 is 12.3. The molecule has 0 aromatic rings. The molecule has 2 amide bonds. The van der Waals surface area contributed by atoms with E-state index in [1.807, 2.05) is 25.7 Å². The fraction of sp³-hybridized carbons (Fsp3) is 0.767. The van der Waals surface area contributed by atoms with Crippen molar-refractivity contribution in [3.63, 3.8) is 0 Å². The highest BCUT2D eigenvalue weighted by molar-refractivity contribution is 5.98. The van der Waals surface area contributed by atoms with Crippen LogP contribution in [0.5, 0.6) is 0 Å². The molecule has 3 fully saturated rings. The van der Waals surface area contributed by atoms with E-state index in [1.54, 1.807) is 17.1 Å². The summed E-state index contributed by atoms with van der Waals surface area (Å²) in [5.74, 6) is -2.48. The predicted molar refractivity (Wildman–Crippen MR) is 146 cm³/mol. The largest absolute Gasteiger partial charge is 0.465 e. The van der Waals surface area contributed by atoms with Crippen LogP contribution in [0.4, 0.5) is 0 Å². The summed E-state index contributed by atoms with van der Waals surface area (Å²) in [6, 6.07) is -0.883. The van der Waals surface area contributed by atoms with E-state index < -0.39 is 40.6 Å². The number of nitrogens with zero attached hydrogens (tertiary/aromatic N) is 2. The zero-order valence-electron chi connectivity index (χ0n) is 24.3. The third kappa shape index (κ3) is 5.44. The van der Waals surface area contributed by atoms with Crippen molar-refractivity contribution < 1.29 is 29.0 Å². The molecule has 0 aromatic carbocycles. The van der Waals surface area contributed by atoms with Gasteiger partial charge in [0.2, 0.25) is 11.8 Å². The second-order valence-corrected chi connectivity index (χ2v) is 13.2. The molecule has 0 aromatic heterocycles. The van der Waals surface area contributed by atoms with Gasteiger partial charge in [-0.05, 0) is 64.7 Å². The summed E-state index contributed by atoms with van der Waals surface area (Å²) in [5.41, 5.74) is -2.54. The quantitative estimate of drug-likeness (QED) is 0.220. The van der Waals surface area contributed by atoms with Crippen molar-refractivity contribution in [2.45, 2.75) is 103 Å². The van der Waals surface area contributed by atoms with Crippen molar-refractivity contribution in [3.8, 4) is 0 Å². The average molecular weight is 533 g/mol. The molecule has 214 valence electrons. The Hall–Kier alpha value is -2.19. The van der Waals surface area contributed by atoms with Crippen molar-refractivity contribution in [2.24, 2.45) is 17.3 Å². The summed E-state index contributed by atoms with van der Waals surface area (Å²) in [6.07, 6.45) is 7.02. The zero-order valence-corrected chi connectivity index (χ0v) is 24.3. The number of hydrogen-bond acceptors (Lipinski definition) is 6. The molecule has 1 spiro atoms. The Kier molecular flexibility index (Phi) is 8.89. The molecule has 3 rings (SSSR count). The first-order valence-electron chi connectivity index (χ1n) is 14.0. The topological polar surface area (TPSA) is 96.4 Å². The molecule has 0 aliphatic carbocycles. The summed E-state index contributed by atoms with van der Waals surface area (Å²) in [6.45, 7) is 20.6. The summed E-state index contributed by atoms with van der Waals surface area (Å²) >= 11 is 0. The maximum Gasteiger partial charge on any atom is 0.312 e. The number of aliphatic hydroxyl groups excluding tert-OH is 1. The zero-order chi connectivity index (χ0) is 28.5. The van der Waals surface area contributed by atoms with E-state index in [1.165, 1.54) is 0 Å². The molecule has 3 heterocycles. The summed E-state index contributed by atoms with van der Waals surface area (Å²) in [7, 11) is 0. The van der Waals surface area contributed by atoms with Gasteiger partial charge >= 0.3 is 5.97 Å². The molecule has 1 N–H and O–H groups in total. The smallest absolute Gasteiger partial charge is 0.312 e. The van der Waals surface area contributed by atoms with Crippen LogP contribution in [-0.4, -0.2) is 81.8 Å². The van der Waals surface area contributed by atoms with Crippen molar-refractivity contribution in [1.29, 1.82) is 0 Å². The third-order valence-corrected chi connectivity index (χ3v) is 8.39. The second-order valence-electron chi connectivity index (χ2n) is 13.2. The number of carbonyl (C=O) groups is 3. The van der Waals surface area contributed by atoms with Gasteiger partial charge in [0.15, 0.2) is 0 Å². The number of amides is 2. The highest BCUT2D eigenvalue weighted by atomic mass is 16.6. The molecule has 8 nitrogen and oxygen atoms in total. The summed E-state index contributed by atoms with van der Waals surface area (Å²) in [4.78, 5) is 45.4. The Labute approximate surface area is 228 Å². The minimum Gasteiger partial charge on any atom is -0.465 e. The van der Waals surface area contributed by atoms with E-state index in [0.29, 0.717) is 32.2 Å². The number of hydrogen-bond donors (Lipinski definition) is 1. The van der Waals surface area contributed by atoms with E-state index >= 15 is 0 Å². The van der Waals surface area contributed by atoms with Gasteiger partial charge in [0.1, 0.15) is 17.6 Å². The van der Waals surface area contributed by atoms with Crippen LogP contribution in [0.1, 0.15) is 80.1 Å². The minimum atomic E-state index is -1.11. The van der Waals surface area contributed by atoms with Crippen molar-refractivity contribution in [1.82, 2.24) is 9.80 Å². The van der Waals surface area contributed by atoms with Crippen LogP contribution in [0, 0.1) is 17.3 Å². The molecule has 3 aliphatic heterocycles. The average Bonchev–Trinajstić information content (AvgIpc) is 3.37. The van der Waals surface area contributed by atoms with Crippen LogP contribution in [0.3, 0.4) is 0 Å². The molecular weight excluding hydrogens is 484 g/mol. The number of ether oxygens (including phenoxy) is 2. The number of esters is 1. The fourth-order valence-electron chi connectivity index (χ4n) is 7.34. The molecule has 2 bridgehead atoms. The Morgan fingerprint density at radius 2 is 1.87 bits per heavy atom. The van der Waals surface area contributed by atoms with E-state index in [2.05, 4.69) is 33.9 Å². The van der Waals surface area contributed by atoms with E-state index in [0.717, 1.165) is 12.8 Å². The lowest BCUT2D eigenvalue weighted by atomic mass is 9.66. The first-order chi connectivity index (χ1) is 17.7. The van der Waals surface area contributed by atoms with Gasteiger partial charge in [0, 0.05) is 25.2 Å². The van der Waals surface area contributed by atoms with Gasteiger partial charge < -0.3 is 24.4 Å². The van der Waals surface area contributed by atoms with E-state index in [-0.39, 0.29) is 37.0 Å². The van der Waals surface area contributed by atoms with Crippen LogP contribution in [0.25, 0.3) is 0 Å². The Morgan fingerprint density at radius 3 is 2.45 bits per heavy atom. The highest BCUT2D eigenvalue weighted by Crippen LogP contribution is 2.63. The number of fused-ring (bicyclic) bond motifs is 1. The second kappa shape index (κ2) is 11.1. The standard InChI is InChI=1S/C30H48N2O6/c1-9-11-12-19-37-26(36)22-21-24(34)31(17-13-18-33)23(30(21)15-14-29(22,8)38-30)25(35)32(16-10-2)28(6,7)20-27(3,4)5/h9-10,21-23,33H,1-2,11-20H2,3-8H3/t21-,22-,23?,29+,30?/m0/s1. The maximum atomic E-state index is 14.6. The van der Waals surface area contributed by atoms with Gasteiger partial charge in [-0.3, -0.25) is 14.4 Å². The number of allylic oxidation sites excluding steroid dienone is 1. The number of aliphatic hydroxyl groups is 1. The van der Waals surface area contributed by atoms with Crippen LogP contribution < -0.4 is 0 Å². The molecule has 3 aliphatic rings. The molecule has 0 saturated carbocycles. The summed E-state index contributed by atoms with van der Waals surface area (Å²) in [5, 5.41) is 9.58. The number of likely N-dealkylation sites (tertiary alicyclic amines) is 1. The molecule has 5 atom stereocenters. The van der Waals surface area contributed by atoms with Gasteiger partial charge in [0.25, 0.3) is 0 Å². The van der Waals surface area contributed by atoms with Crippen molar-refractivity contribution in [2.75, 3.05) is 26.3 Å². The molecule has 38 heavy (non-hydrogen) atoms. The fourth-order valence-corrected chi connectivity index (χ4v) is 7.34. The first kappa shape index (κ1) is 30.4. The van der Waals surface area contributed by atoms with Gasteiger partial charge in [-0.2, -0.15) is 0 Å². The third-order valence-electron chi connectivity index (χ3n) is 8.39. The van der Waals surface area contributed by atoms with E-state index in [4.69, 9.17) is 9.47 Å². The van der Waals surface area contributed by atoms with Gasteiger partial charge in [-0.15, -0.1) is 13.2 Å². The van der Waals surface area contributed by atoms with Crippen LogP contribution in [0.2, 0.25) is 0 Å². The number of rotatable bonds is 13. The first-order valence-corrected chi connectivity index (χ1v) is 14.0. The van der Waals surface area contributed by atoms with E-state index in [9.17, 15) is 19.5 Å². The Morgan fingerprint density at radius 1 is 1.18 bits per heavy atom. The van der Waals surface area contributed by atoms with Crippen LogP contribution in [0.15, 0.2) is 25.3 Å². The maximum absolute atomic E-state index is 14.6.